The third kappa shape index (κ3) is 7.56. The second kappa shape index (κ2) is 9.57. The zero-order valence-corrected chi connectivity index (χ0v) is 18.6. The number of fused-ring (bicyclic) bond motifs is 1. The topological polar surface area (TPSA) is 259 Å². The summed E-state index contributed by atoms with van der Waals surface area (Å²) in [6, 6.07) is 0. The Balaban J connectivity index is 2.05. The zero-order valence-electron chi connectivity index (χ0n) is 16.0. The van der Waals surface area contributed by atoms with Crippen molar-refractivity contribution in [1.29, 1.82) is 0 Å². The molecule has 0 spiro atoms. The first-order valence-corrected chi connectivity index (χ1v) is 12.8. The van der Waals surface area contributed by atoms with Gasteiger partial charge in [0.25, 0.3) is 5.56 Å². The van der Waals surface area contributed by atoms with Crippen LogP contribution in [0.15, 0.2) is 11.1 Å². The Labute approximate surface area is 173 Å². The van der Waals surface area contributed by atoms with Gasteiger partial charge in [0, 0.05) is 0 Å². The molecule has 0 saturated carbocycles. The summed E-state index contributed by atoms with van der Waals surface area (Å²) < 4.78 is 52.6. The number of ether oxygens (including phenoxy) is 1. The lowest BCUT2D eigenvalue weighted by atomic mass is 10.3. The van der Waals surface area contributed by atoms with Gasteiger partial charge in [0.2, 0.25) is 5.95 Å². The van der Waals surface area contributed by atoms with Gasteiger partial charge in [-0.2, -0.15) is 13.6 Å². The van der Waals surface area contributed by atoms with E-state index in [2.05, 4.69) is 28.1 Å². The fourth-order valence-corrected chi connectivity index (χ4v) is 5.34. The molecule has 20 heteroatoms. The number of aromatic nitrogens is 4. The molecule has 0 radical (unpaired) electrons. The monoisotopic (exact) mass is 507 g/mol. The summed E-state index contributed by atoms with van der Waals surface area (Å²) in [5.41, 5.74) is 5.09. The largest absolute Gasteiger partial charge is 0.490 e. The van der Waals surface area contributed by atoms with E-state index >= 15 is 0 Å². The number of H-pyrrole nitrogens is 1. The molecule has 7 N–H and O–H groups in total. The number of hydrogen-bond donors (Lipinski definition) is 6. The van der Waals surface area contributed by atoms with Crippen molar-refractivity contribution in [3.63, 3.8) is 0 Å². The Hall–Kier alpha value is -1.48. The first kappa shape index (κ1) is 25.8. The maximum Gasteiger partial charge on any atom is 0.490 e. The second-order valence-corrected chi connectivity index (χ2v) is 10.3. The van der Waals surface area contributed by atoms with Crippen LogP contribution in [0.4, 0.5) is 5.95 Å². The SMILES string of the molecule is CC[C@@H](COP(=O)(O)OP(=O)(O)OP(=O)(O)O)O[C@H](C)n1cnc2c(=O)[nH]c(N)nc21. The summed E-state index contributed by atoms with van der Waals surface area (Å²) >= 11 is 0. The smallest absolute Gasteiger partial charge is 0.369 e. The minimum atomic E-state index is -5.62. The number of aromatic amines is 1. The van der Waals surface area contributed by atoms with Crippen LogP contribution in [0.1, 0.15) is 26.5 Å². The molecule has 2 aromatic rings. The van der Waals surface area contributed by atoms with E-state index in [0.717, 1.165) is 0 Å². The van der Waals surface area contributed by atoms with E-state index in [-0.39, 0.29) is 23.5 Å². The Morgan fingerprint density at radius 2 is 1.84 bits per heavy atom. The molecule has 31 heavy (non-hydrogen) atoms. The van der Waals surface area contributed by atoms with Crippen LogP contribution >= 0.6 is 23.5 Å². The third-order valence-electron chi connectivity index (χ3n) is 3.53. The summed E-state index contributed by atoms with van der Waals surface area (Å²) in [6.07, 6.45) is -0.195. The van der Waals surface area contributed by atoms with E-state index in [9.17, 15) is 23.4 Å². The van der Waals surface area contributed by atoms with Crippen LogP contribution in [0.2, 0.25) is 0 Å². The molecule has 2 unspecified atom stereocenters. The molecule has 0 fully saturated rings. The lowest BCUT2D eigenvalue weighted by Crippen LogP contribution is -2.23. The van der Waals surface area contributed by atoms with Gasteiger partial charge in [-0.1, -0.05) is 6.92 Å². The molecule has 0 aromatic carbocycles. The Bertz CT molecular complexity index is 1130. The number of hydrogen-bond acceptors (Lipinski definition) is 11. The predicted molar refractivity (Wildman–Crippen MR) is 102 cm³/mol. The number of nitrogens with one attached hydrogen (secondary N) is 1. The normalized spacial score (nSPS) is 18.4. The van der Waals surface area contributed by atoms with Crippen molar-refractivity contribution < 1.29 is 51.2 Å². The van der Waals surface area contributed by atoms with Crippen molar-refractivity contribution in [1.82, 2.24) is 19.5 Å². The fourth-order valence-electron chi connectivity index (χ4n) is 2.29. The standard InChI is InChI=1S/C11H20N5O12P3/c1-3-7(4-25-30(21,22)28-31(23,24)27-29(18,19)20)26-6(2)16-5-13-8-9(16)14-11(12)15-10(8)17/h5-7H,3-4H2,1-2H3,(H,21,22)(H,23,24)(H2,18,19,20)(H3,12,14,15,17)/t6-,7+/m1/s1. The van der Waals surface area contributed by atoms with Crippen LogP contribution in [-0.2, 0) is 31.6 Å². The molecule has 0 aliphatic heterocycles. The highest BCUT2D eigenvalue weighted by atomic mass is 31.3. The van der Waals surface area contributed by atoms with Crippen LogP contribution < -0.4 is 11.3 Å². The number of phosphoric acid groups is 3. The first-order valence-electron chi connectivity index (χ1n) is 8.28. The van der Waals surface area contributed by atoms with Gasteiger partial charge in [-0.25, -0.2) is 18.7 Å². The number of anilines is 1. The van der Waals surface area contributed by atoms with Gasteiger partial charge in [-0.05, 0) is 13.3 Å². The molecule has 2 aromatic heterocycles. The van der Waals surface area contributed by atoms with Crippen LogP contribution in [0.5, 0.6) is 0 Å². The molecule has 4 atom stereocenters. The number of phosphoric ester groups is 1. The Morgan fingerprint density at radius 1 is 1.19 bits per heavy atom. The predicted octanol–water partition coefficient (Wildman–Crippen LogP) is 0.359. The summed E-state index contributed by atoms with van der Waals surface area (Å²) in [7, 11) is -16.4. The van der Waals surface area contributed by atoms with Gasteiger partial charge < -0.3 is 30.0 Å². The third-order valence-corrected chi connectivity index (χ3v) is 7.33. The van der Waals surface area contributed by atoms with Crippen molar-refractivity contribution in [2.75, 3.05) is 12.3 Å². The minimum Gasteiger partial charge on any atom is -0.369 e. The maximum atomic E-state index is 11.8. The number of nitrogen functional groups attached to an aromatic ring is 1. The highest BCUT2D eigenvalue weighted by Gasteiger charge is 2.41. The number of rotatable bonds is 11. The van der Waals surface area contributed by atoms with E-state index in [1.807, 2.05) is 0 Å². The van der Waals surface area contributed by atoms with Gasteiger partial charge in [0.1, 0.15) is 6.23 Å². The minimum absolute atomic E-state index is 0.00552. The summed E-state index contributed by atoms with van der Waals surface area (Å²) in [6.45, 7) is 2.55. The van der Waals surface area contributed by atoms with Crippen LogP contribution in [0.25, 0.3) is 11.2 Å². The van der Waals surface area contributed by atoms with E-state index in [0.29, 0.717) is 0 Å². The van der Waals surface area contributed by atoms with Crippen molar-refractivity contribution in [2.24, 2.45) is 0 Å². The molecule has 0 aliphatic rings. The van der Waals surface area contributed by atoms with Crippen LogP contribution in [-0.4, -0.2) is 51.8 Å². The lowest BCUT2D eigenvalue weighted by Gasteiger charge is -2.23. The molecule has 0 amide bonds. The van der Waals surface area contributed by atoms with Gasteiger partial charge >= 0.3 is 23.5 Å². The average Bonchev–Trinajstić information content (AvgIpc) is 2.99. The molecule has 2 rings (SSSR count). The summed E-state index contributed by atoms with van der Waals surface area (Å²) in [4.78, 5) is 57.7. The fraction of sp³-hybridized carbons (Fsp3) is 0.545. The number of imidazole rings is 1. The second-order valence-electron chi connectivity index (χ2n) is 5.93. The van der Waals surface area contributed by atoms with Crippen molar-refractivity contribution in [3.05, 3.63) is 16.7 Å². The lowest BCUT2D eigenvalue weighted by molar-refractivity contribution is -0.0636. The van der Waals surface area contributed by atoms with Gasteiger partial charge in [0.15, 0.2) is 11.2 Å². The highest BCUT2D eigenvalue weighted by Crippen LogP contribution is 2.66. The molecule has 176 valence electrons. The van der Waals surface area contributed by atoms with Gasteiger partial charge in [0.05, 0.1) is 19.0 Å². The van der Waals surface area contributed by atoms with Crippen LogP contribution in [0, 0.1) is 0 Å². The Morgan fingerprint density at radius 3 is 2.42 bits per heavy atom. The van der Waals surface area contributed by atoms with E-state index < -0.39 is 48.0 Å². The summed E-state index contributed by atoms with van der Waals surface area (Å²) in [5, 5.41) is 0. The zero-order chi connectivity index (χ0) is 23.6. The van der Waals surface area contributed by atoms with E-state index in [1.165, 1.54) is 10.9 Å². The number of nitrogens with zero attached hydrogens (tertiary/aromatic N) is 3. The van der Waals surface area contributed by atoms with Gasteiger partial charge in [-0.3, -0.25) is 18.9 Å². The molecule has 0 saturated heterocycles. The summed E-state index contributed by atoms with van der Waals surface area (Å²) in [5.74, 6) is -0.147. The van der Waals surface area contributed by atoms with Gasteiger partial charge in [-0.15, -0.1) is 0 Å². The molecule has 0 bridgehead atoms. The number of nitrogens with two attached hydrogens (primary N) is 1. The molecular formula is C11H20N5O12P3. The van der Waals surface area contributed by atoms with Crippen molar-refractivity contribution >= 4 is 40.6 Å². The van der Waals surface area contributed by atoms with E-state index in [1.54, 1.807) is 13.8 Å². The first-order chi connectivity index (χ1) is 14.1. The van der Waals surface area contributed by atoms with Crippen molar-refractivity contribution in [2.45, 2.75) is 32.6 Å². The molecular weight excluding hydrogens is 487 g/mol. The molecule has 17 nitrogen and oxygen atoms in total. The van der Waals surface area contributed by atoms with Crippen LogP contribution in [0.3, 0.4) is 0 Å². The quantitative estimate of drug-likeness (QED) is 0.224. The average molecular weight is 507 g/mol. The molecule has 0 aliphatic carbocycles. The highest BCUT2D eigenvalue weighted by molar-refractivity contribution is 7.66. The maximum absolute atomic E-state index is 11.8. The van der Waals surface area contributed by atoms with Crippen molar-refractivity contribution in [3.8, 4) is 0 Å². The van der Waals surface area contributed by atoms with E-state index in [4.69, 9.17) is 25.2 Å². The Kier molecular flexibility index (Phi) is 7.95. The molecule has 2 heterocycles.